The molecule has 1 saturated heterocycles. The van der Waals surface area contributed by atoms with Gasteiger partial charge in [0, 0.05) is 36.4 Å². The number of pyridine rings is 3. The third kappa shape index (κ3) is 3.03. The van der Waals surface area contributed by atoms with Gasteiger partial charge in [0.2, 0.25) is 0 Å². The summed E-state index contributed by atoms with van der Waals surface area (Å²) in [5, 5.41) is 8.63. The number of nitrogens with one attached hydrogen (secondary N) is 1. The Morgan fingerprint density at radius 1 is 0.926 bits per heavy atom. The van der Waals surface area contributed by atoms with Crippen molar-refractivity contribution in [3.63, 3.8) is 0 Å². The Morgan fingerprint density at radius 3 is 2.70 bits per heavy atom. The molecule has 6 nitrogen and oxygen atoms in total. The van der Waals surface area contributed by atoms with Crippen LogP contribution in [0.1, 0.15) is 19.3 Å². The largest absolute Gasteiger partial charge is 0.357 e. The van der Waals surface area contributed by atoms with E-state index in [-0.39, 0.29) is 0 Å². The Hall–Kier alpha value is -3.28. The van der Waals surface area contributed by atoms with Gasteiger partial charge in [-0.3, -0.25) is 15.1 Å². The Morgan fingerprint density at radius 2 is 1.85 bits per heavy atom. The van der Waals surface area contributed by atoms with Crippen LogP contribution in [0, 0.1) is 0 Å². The van der Waals surface area contributed by atoms with Crippen molar-refractivity contribution >= 4 is 16.7 Å². The first-order valence-corrected chi connectivity index (χ1v) is 9.35. The Balaban J connectivity index is 1.57. The number of H-pyrrole nitrogens is 1. The van der Waals surface area contributed by atoms with Gasteiger partial charge in [0.25, 0.3) is 0 Å². The molecule has 0 aliphatic carbocycles. The van der Waals surface area contributed by atoms with Gasteiger partial charge in [0.05, 0.1) is 23.1 Å². The Kier molecular flexibility index (Phi) is 4.01. The van der Waals surface area contributed by atoms with Crippen LogP contribution < -0.4 is 4.90 Å². The van der Waals surface area contributed by atoms with Crippen LogP contribution in [-0.4, -0.2) is 38.2 Å². The molecule has 1 aliphatic heterocycles. The van der Waals surface area contributed by atoms with Crippen LogP contribution in [0.4, 0.5) is 5.82 Å². The number of hydrogen-bond donors (Lipinski definition) is 1. The molecule has 1 fully saturated rings. The summed E-state index contributed by atoms with van der Waals surface area (Å²) in [6.45, 7) is 2.15. The molecule has 4 aromatic heterocycles. The third-order valence-electron chi connectivity index (χ3n) is 5.06. The van der Waals surface area contributed by atoms with Crippen molar-refractivity contribution < 1.29 is 0 Å². The van der Waals surface area contributed by atoms with Crippen molar-refractivity contribution in [1.82, 2.24) is 25.1 Å². The summed E-state index contributed by atoms with van der Waals surface area (Å²) in [7, 11) is 0. The fourth-order valence-corrected chi connectivity index (χ4v) is 3.64. The summed E-state index contributed by atoms with van der Waals surface area (Å²) in [5.41, 5.74) is 4.51. The van der Waals surface area contributed by atoms with Gasteiger partial charge in [-0.25, -0.2) is 4.98 Å². The number of aromatic amines is 1. The molecule has 0 amide bonds. The first-order valence-electron chi connectivity index (χ1n) is 9.35. The summed E-state index contributed by atoms with van der Waals surface area (Å²) >= 11 is 0. The summed E-state index contributed by atoms with van der Waals surface area (Å²) in [6, 6.07) is 12.2. The number of anilines is 1. The molecule has 6 heteroatoms. The summed E-state index contributed by atoms with van der Waals surface area (Å²) in [5.74, 6) is 1.03. The highest BCUT2D eigenvalue weighted by molar-refractivity contribution is 5.93. The standard InChI is InChI=1S/C21H20N6/c1-2-10-27(11-3-1)20-8-4-7-17(24-20)21-16-12-18(15-6-5-9-22-13-15)23-14-19(16)25-26-21/h4-9,12-14H,1-3,10-11H2,(H,25,26). The molecular weight excluding hydrogens is 336 g/mol. The first-order chi connectivity index (χ1) is 13.4. The number of rotatable bonds is 3. The second kappa shape index (κ2) is 6.79. The molecule has 0 unspecified atom stereocenters. The van der Waals surface area contributed by atoms with Crippen LogP contribution in [0.2, 0.25) is 0 Å². The quantitative estimate of drug-likeness (QED) is 0.599. The fourth-order valence-electron chi connectivity index (χ4n) is 3.64. The van der Waals surface area contributed by atoms with Crippen molar-refractivity contribution in [2.75, 3.05) is 18.0 Å². The van der Waals surface area contributed by atoms with Gasteiger partial charge < -0.3 is 4.90 Å². The zero-order chi connectivity index (χ0) is 18.1. The first kappa shape index (κ1) is 15.9. The Labute approximate surface area is 157 Å². The van der Waals surface area contributed by atoms with Crippen molar-refractivity contribution in [3.8, 4) is 22.6 Å². The van der Waals surface area contributed by atoms with Crippen molar-refractivity contribution in [2.45, 2.75) is 19.3 Å². The highest BCUT2D eigenvalue weighted by Crippen LogP contribution is 2.29. The third-order valence-corrected chi connectivity index (χ3v) is 5.06. The summed E-state index contributed by atoms with van der Waals surface area (Å²) in [4.78, 5) is 16.0. The monoisotopic (exact) mass is 356 g/mol. The number of piperidine rings is 1. The molecule has 5 heterocycles. The molecule has 0 atom stereocenters. The molecule has 27 heavy (non-hydrogen) atoms. The predicted molar refractivity (Wildman–Crippen MR) is 106 cm³/mol. The van der Waals surface area contributed by atoms with Gasteiger partial charge in [0.1, 0.15) is 11.5 Å². The maximum atomic E-state index is 4.90. The van der Waals surface area contributed by atoms with Crippen molar-refractivity contribution in [2.24, 2.45) is 0 Å². The molecule has 0 spiro atoms. The van der Waals surface area contributed by atoms with Gasteiger partial charge in [-0.1, -0.05) is 6.07 Å². The molecule has 1 aliphatic rings. The van der Waals surface area contributed by atoms with Crippen LogP contribution in [0.25, 0.3) is 33.5 Å². The maximum absolute atomic E-state index is 4.90. The molecular formula is C21H20N6. The minimum Gasteiger partial charge on any atom is -0.357 e. The van der Waals surface area contributed by atoms with Gasteiger partial charge in [-0.2, -0.15) is 5.10 Å². The van der Waals surface area contributed by atoms with E-state index in [1.54, 1.807) is 6.20 Å². The fraction of sp³-hybridized carbons (Fsp3) is 0.238. The van der Waals surface area contributed by atoms with Crippen LogP contribution in [0.5, 0.6) is 0 Å². The van der Waals surface area contributed by atoms with Gasteiger partial charge in [-0.15, -0.1) is 0 Å². The van der Waals surface area contributed by atoms with E-state index in [1.807, 2.05) is 30.6 Å². The number of aromatic nitrogens is 5. The number of hydrogen-bond acceptors (Lipinski definition) is 5. The minimum absolute atomic E-state index is 0.858. The zero-order valence-electron chi connectivity index (χ0n) is 15.0. The molecule has 0 radical (unpaired) electrons. The highest BCUT2D eigenvalue weighted by Gasteiger charge is 2.15. The van der Waals surface area contributed by atoms with Crippen molar-refractivity contribution in [1.29, 1.82) is 0 Å². The van der Waals surface area contributed by atoms with E-state index in [2.05, 4.69) is 43.3 Å². The molecule has 4 aromatic rings. The van der Waals surface area contributed by atoms with E-state index < -0.39 is 0 Å². The SMILES string of the molecule is c1cncc(-c2cc3c(-c4cccc(N5CCCCC5)n4)n[nH]c3cn2)c1. The van der Waals surface area contributed by atoms with E-state index in [0.29, 0.717) is 0 Å². The highest BCUT2D eigenvalue weighted by atomic mass is 15.2. The summed E-state index contributed by atoms with van der Waals surface area (Å²) in [6.07, 6.45) is 9.19. The lowest BCUT2D eigenvalue weighted by Gasteiger charge is -2.27. The lowest BCUT2D eigenvalue weighted by atomic mass is 10.1. The van der Waals surface area contributed by atoms with Gasteiger partial charge >= 0.3 is 0 Å². The Bertz CT molecular complexity index is 1070. The maximum Gasteiger partial charge on any atom is 0.129 e. The minimum atomic E-state index is 0.858. The number of nitrogens with zero attached hydrogens (tertiary/aromatic N) is 5. The topological polar surface area (TPSA) is 70.6 Å². The second-order valence-electron chi connectivity index (χ2n) is 6.86. The molecule has 0 aromatic carbocycles. The number of fused-ring (bicyclic) bond motifs is 1. The average Bonchev–Trinajstić information content (AvgIpc) is 3.18. The van der Waals surface area contributed by atoms with Crippen LogP contribution >= 0.6 is 0 Å². The van der Waals surface area contributed by atoms with E-state index in [1.165, 1.54) is 19.3 Å². The van der Waals surface area contributed by atoms with Gasteiger partial charge in [-0.05, 0) is 49.6 Å². The second-order valence-corrected chi connectivity index (χ2v) is 6.86. The van der Waals surface area contributed by atoms with E-state index in [0.717, 1.165) is 52.5 Å². The van der Waals surface area contributed by atoms with Crippen LogP contribution in [0.3, 0.4) is 0 Å². The van der Waals surface area contributed by atoms with E-state index in [4.69, 9.17) is 4.98 Å². The predicted octanol–water partition coefficient (Wildman–Crippen LogP) is 4.07. The molecule has 5 rings (SSSR count). The van der Waals surface area contributed by atoms with E-state index in [9.17, 15) is 0 Å². The van der Waals surface area contributed by atoms with E-state index >= 15 is 0 Å². The molecule has 1 N–H and O–H groups in total. The molecule has 0 saturated carbocycles. The van der Waals surface area contributed by atoms with Crippen LogP contribution in [0.15, 0.2) is 55.0 Å². The lowest BCUT2D eigenvalue weighted by Crippen LogP contribution is -2.30. The van der Waals surface area contributed by atoms with Crippen LogP contribution in [-0.2, 0) is 0 Å². The van der Waals surface area contributed by atoms with Gasteiger partial charge in [0.15, 0.2) is 0 Å². The molecule has 0 bridgehead atoms. The van der Waals surface area contributed by atoms with Crippen molar-refractivity contribution in [3.05, 3.63) is 55.0 Å². The lowest BCUT2D eigenvalue weighted by molar-refractivity contribution is 0.573. The normalized spacial score (nSPS) is 14.6. The average molecular weight is 356 g/mol. The summed E-state index contributed by atoms with van der Waals surface area (Å²) < 4.78 is 0. The zero-order valence-corrected chi connectivity index (χ0v) is 15.0. The molecule has 134 valence electrons. The smallest absolute Gasteiger partial charge is 0.129 e.